The standard InChI is InChI=1S/C12H16BrNO/c1-9-6-10-4-2-3-5-12(10)14(9)8-11(15)7-13/h2-5,9,11,15H,6-8H2,1H3. The maximum absolute atomic E-state index is 9.67. The van der Waals surface area contributed by atoms with Gasteiger partial charge >= 0.3 is 0 Å². The molecule has 0 fully saturated rings. The Hall–Kier alpha value is -0.540. The molecule has 1 N–H and O–H groups in total. The van der Waals surface area contributed by atoms with Gasteiger partial charge in [0.05, 0.1) is 6.10 Å². The topological polar surface area (TPSA) is 23.5 Å². The van der Waals surface area contributed by atoms with Gasteiger partial charge in [0.25, 0.3) is 0 Å². The van der Waals surface area contributed by atoms with Gasteiger partial charge in [-0.05, 0) is 25.0 Å². The van der Waals surface area contributed by atoms with Gasteiger partial charge in [0.15, 0.2) is 0 Å². The Bertz CT molecular complexity index is 342. The van der Waals surface area contributed by atoms with Gasteiger partial charge in [-0.15, -0.1) is 0 Å². The van der Waals surface area contributed by atoms with Crippen molar-refractivity contribution in [2.45, 2.75) is 25.5 Å². The van der Waals surface area contributed by atoms with E-state index in [9.17, 15) is 5.11 Å². The van der Waals surface area contributed by atoms with Crippen LogP contribution in [0.4, 0.5) is 5.69 Å². The number of rotatable bonds is 3. The molecule has 1 aliphatic rings. The predicted molar refractivity (Wildman–Crippen MR) is 66.8 cm³/mol. The summed E-state index contributed by atoms with van der Waals surface area (Å²) in [6.45, 7) is 2.92. The Morgan fingerprint density at radius 3 is 3.00 bits per heavy atom. The number of halogens is 1. The van der Waals surface area contributed by atoms with Crippen LogP contribution < -0.4 is 4.90 Å². The predicted octanol–water partition coefficient (Wildman–Crippen LogP) is 2.19. The third-order valence-corrected chi connectivity index (χ3v) is 3.68. The van der Waals surface area contributed by atoms with Gasteiger partial charge in [0.1, 0.15) is 0 Å². The molecule has 0 aromatic heterocycles. The minimum absolute atomic E-state index is 0.293. The molecule has 2 atom stereocenters. The minimum Gasteiger partial charge on any atom is -0.390 e. The van der Waals surface area contributed by atoms with Crippen LogP contribution in [-0.4, -0.2) is 29.1 Å². The summed E-state index contributed by atoms with van der Waals surface area (Å²) in [6, 6.07) is 8.95. The first-order valence-corrected chi connectivity index (χ1v) is 6.43. The van der Waals surface area contributed by atoms with Gasteiger partial charge in [-0.2, -0.15) is 0 Å². The molecular weight excluding hydrogens is 254 g/mol. The van der Waals surface area contributed by atoms with Gasteiger partial charge < -0.3 is 10.0 Å². The number of alkyl halides is 1. The average molecular weight is 270 g/mol. The molecule has 2 unspecified atom stereocenters. The van der Waals surface area contributed by atoms with Crippen molar-refractivity contribution in [2.75, 3.05) is 16.8 Å². The smallest absolute Gasteiger partial charge is 0.0811 e. The van der Waals surface area contributed by atoms with Gasteiger partial charge in [0.2, 0.25) is 0 Å². The second kappa shape index (κ2) is 4.54. The van der Waals surface area contributed by atoms with E-state index in [0.717, 1.165) is 6.42 Å². The Kier molecular flexibility index (Phi) is 3.32. The lowest BCUT2D eigenvalue weighted by molar-refractivity contribution is 0.204. The van der Waals surface area contributed by atoms with Crippen LogP contribution in [0.5, 0.6) is 0 Å². The molecule has 1 heterocycles. The van der Waals surface area contributed by atoms with Crippen molar-refractivity contribution in [1.29, 1.82) is 0 Å². The van der Waals surface area contributed by atoms with E-state index in [-0.39, 0.29) is 6.10 Å². The fraction of sp³-hybridized carbons (Fsp3) is 0.500. The molecule has 0 saturated heterocycles. The maximum Gasteiger partial charge on any atom is 0.0811 e. The number of aliphatic hydroxyl groups is 1. The van der Waals surface area contributed by atoms with Crippen LogP contribution in [0, 0.1) is 0 Å². The van der Waals surface area contributed by atoms with Gasteiger partial charge in [-0.3, -0.25) is 0 Å². The first kappa shape index (κ1) is 11.0. The zero-order valence-electron chi connectivity index (χ0n) is 8.86. The molecule has 0 aliphatic carbocycles. The zero-order chi connectivity index (χ0) is 10.8. The molecule has 0 amide bonds. The van der Waals surface area contributed by atoms with Crippen LogP contribution >= 0.6 is 15.9 Å². The highest BCUT2D eigenvalue weighted by Crippen LogP contribution is 2.31. The fourth-order valence-electron chi connectivity index (χ4n) is 2.18. The SMILES string of the molecule is CC1Cc2ccccc2N1CC(O)CBr. The maximum atomic E-state index is 9.67. The normalized spacial score (nSPS) is 21.5. The number of fused-ring (bicyclic) bond motifs is 1. The second-order valence-electron chi connectivity index (χ2n) is 4.14. The summed E-state index contributed by atoms with van der Waals surface area (Å²) < 4.78 is 0. The second-order valence-corrected chi connectivity index (χ2v) is 4.79. The van der Waals surface area contributed by atoms with Crippen LogP contribution in [0.1, 0.15) is 12.5 Å². The number of benzene rings is 1. The van der Waals surface area contributed by atoms with Crippen molar-refractivity contribution in [1.82, 2.24) is 0 Å². The summed E-state index contributed by atoms with van der Waals surface area (Å²) >= 11 is 3.31. The lowest BCUT2D eigenvalue weighted by Gasteiger charge is -2.26. The Morgan fingerprint density at radius 1 is 1.53 bits per heavy atom. The van der Waals surface area contributed by atoms with Gasteiger partial charge in [-0.25, -0.2) is 0 Å². The van der Waals surface area contributed by atoms with Crippen molar-refractivity contribution in [2.24, 2.45) is 0 Å². The average Bonchev–Trinajstić information content (AvgIpc) is 2.55. The highest BCUT2D eigenvalue weighted by molar-refractivity contribution is 9.09. The quantitative estimate of drug-likeness (QED) is 0.851. The molecular formula is C12H16BrNO. The van der Waals surface area contributed by atoms with Crippen molar-refractivity contribution in [3.8, 4) is 0 Å². The molecule has 0 bridgehead atoms. The Labute approximate surface area is 99.0 Å². The van der Waals surface area contributed by atoms with Crippen LogP contribution in [0.15, 0.2) is 24.3 Å². The highest BCUT2D eigenvalue weighted by Gasteiger charge is 2.26. The number of hydrogen-bond donors (Lipinski definition) is 1. The summed E-state index contributed by atoms with van der Waals surface area (Å²) in [5.41, 5.74) is 2.68. The minimum atomic E-state index is -0.293. The van der Waals surface area contributed by atoms with E-state index >= 15 is 0 Å². The Morgan fingerprint density at radius 2 is 2.27 bits per heavy atom. The Balaban J connectivity index is 2.18. The summed E-state index contributed by atoms with van der Waals surface area (Å²) in [5.74, 6) is 0. The lowest BCUT2D eigenvalue weighted by atomic mass is 10.1. The van der Waals surface area contributed by atoms with Crippen molar-refractivity contribution < 1.29 is 5.11 Å². The zero-order valence-corrected chi connectivity index (χ0v) is 10.4. The van der Waals surface area contributed by atoms with E-state index in [1.54, 1.807) is 0 Å². The van der Waals surface area contributed by atoms with Gasteiger partial charge in [0, 0.05) is 23.6 Å². The number of hydrogen-bond acceptors (Lipinski definition) is 2. The van der Waals surface area contributed by atoms with Crippen molar-refractivity contribution >= 4 is 21.6 Å². The third kappa shape index (κ3) is 2.18. The van der Waals surface area contributed by atoms with Crippen LogP contribution in [-0.2, 0) is 6.42 Å². The largest absolute Gasteiger partial charge is 0.390 e. The molecule has 0 radical (unpaired) electrons. The first-order chi connectivity index (χ1) is 7.22. The number of β-amino-alcohol motifs (C(OH)–C–C–N with tert-alkyl or cyclic N) is 1. The highest BCUT2D eigenvalue weighted by atomic mass is 79.9. The molecule has 2 rings (SSSR count). The van der Waals surface area contributed by atoms with Gasteiger partial charge in [-0.1, -0.05) is 34.1 Å². The summed E-state index contributed by atoms with van der Waals surface area (Å²) in [6.07, 6.45) is 0.796. The number of para-hydroxylation sites is 1. The first-order valence-electron chi connectivity index (χ1n) is 5.31. The molecule has 82 valence electrons. The molecule has 2 nitrogen and oxygen atoms in total. The monoisotopic (exact) mass is 269 g/mol. The molecule has 1 aromatic rings. The molecule has 0 spiro atoms. The molecule has 3 heteroatoms. The van der Waals surface area contributed by atoms with E-state index in [4.69, 9.17) is 0 Å². The van der Waals surface area contributed by atoms with E-state index < -0.39 is 0 Å². The van der Waals surface area contributed by atoms with Crippen LogP contribution in [0.3, 0.4) is 0 Å². The molecule has 0 saturated carbocycles. The number of aliphatic hydroxyl groups excluding tert-OH is 1. The van der Waals surface area contributed by atoms with E-state index in [1.807, 2.05) is 0 Å². The van der Waals surface area contributed by atoms with Crippen LogP contribution in [0.25, 0.3) is 0 Å². The van der Waals surface area contributed by atoms with E-state index in [2.05, 4.69) is 52.0 Å². The van der Waals surface area contributed by atoms with Crippen LogP contribution in [0.2, 0.25) is 0 Å². The third-order valence-electron chi connectivity index (χ3n) is 2.93. The molecule has 1 aliphatic heterocycles. The summed E-state index contributed by atoms with van der Waals surface area (Å²) in [4.78, 5) is 2.29. The molecule has 1 aromatic carbocycles. The fourth-order valence-corrected chi connectivity index (χ4v) is 2.39. The van der Waals surface area contributed by atoms with Crippen molar-refractivity contribution in [3.63, 3.8) is 0 Å². The van der Waals surface area contributed by atoms with E-state index in [1.165, 1.54) is 11.3 Å². The summed E-state index contributed by atoms with van der Waals surface area (Å²) in [7, 11) is 0. The van der Waals surface area contributed by atoms with Crippen molar-refractivity contribution in [3.05, 3.63) is 29.8 Å². The number of anilines is 1. The summed E-state index contributed by atoms with van der Waals surface area (Å²) in [5, 5.41) is 10.3. The number of nitrogens with zero attached hydrogens (tertiary/aromatic N) is 1. The molecule has 15 heavy (non-hydrogen) atoms. The van der Waals surface area contributed by atoms with E-state index in [0.29, 0.717) is 17.9 Å². The lowest BCUT2D eigenvalue weighted by Crippen LogP contribution is -2.37.